The van der Waals surface area contributed by atoms with Gasteiger partial charge in [0.1, 0.15) is 5.41 Å². The Bertz CT molecular complexity index is 509. The first-order chi connectivity index (χ1) is 9.00. The van der Waals surface area contributed by atoms with E-state index in [4.69, 9.17) is 9.47 Å². The number of ketones is 1. The second-order valence-corrected chi connectivity index (χ2v) is 5.38. The fourth-order valence-electron chi connectivity index (χ4n) is 2.68. The lowest BCUT2D eigenvalue weighted by molar-refractivity contribution is -0.118. The predicted molar refractivity (Wildman–Crippen MR) is 74.2 cm³/mol. The second-order valence-electron chi connectivity index (χ2n) is 4.59. The van der Waals surface area contributed by atoms with Crippen LogP contribution in [0, 0.1) is 5.41 Å². The topological polar surface area (TPSA) is 68.1 Å². The molecule has 1 spiro atoms. The number of carbonyl (C=O) groups excluding carboxylic acids is 1. The van der Waals surface area contributed by atoms with E-state index in [9.17, 15) is 9.90 Å². The summed E-state index contributed by atoms with van der Waals surface area (Å²) >= 11 is 1.49. The summed E-state index contributed by atoms with van der Waals surface area (Å²) < 4.78 is 10.4. The van der Waals surface area contributed by atoms with E-state index in [0.717, 1.165) is 5.04 Å². The molecule has 1 heterocycles. The van der Waals surface area contributed by atoms with Gasteiger partial charge in [-0.2, -0.15) is 0 Å². The molecular weight excluding hydrogens is 266 g/mol. The van der Waals surface area contributed by atoms with Crippen molar-refractivity contribution in [3.8, 4) is 0 Å². The molecule has 0 radical (unpaired) electrons. The first kappa shape index (κ1) is 14.0. The summed E-state index contributed by atoms with van der Waals surface area (Å²) in [6, 6.07) is 0.1000. The van der Waals surface area contributed by atoms with Crippen LogP contribution in [-0.4, -0.2) is 42.5 Å². The number of thioether (sulfide) groups is 1. The molecule has 0 aromatic heterocycles. The summed E-state index contributed by atoms with van der Waals surface area (Å²) in [6.45, 7) is 1.99. The molecule has 0 unspecified atom stereocenters. The molecule has 0 saturated carbocycles. The van der Waals surface area contributed by atoms with Crippen molar-refractivity contribution in [2.24, 2.45) is 10.4 Å². The molecule has 5 nitrogen and oxygen atoms in total. The smallest absolute Gasteiger partial charge is 0.265 e. The number of Topliss-reactive ketones (excluding diaryl/α,β-unsaturated/α-hetero) is 1. The summed E-state index contributed by atoms with van der Waals surface area (Å²) in [5.74, 6) is -0.549. The Morgan fingerprint density at radius 2 is 2.16 bits per heavy atom. The molecule has 0 aromatic carbocycles. The van der Waals surface area contributed by atoms with E-state index in [-0.39, 0.29) is 17.6 Å². The van der Waals surface area contributed by atoms with Crippen molar-refractivity contribution < 1.29 is 19.4 Å². The van der Waals surface area contributed by atoms with E-state index in [1.165, 1.54) is 26.0 Å². The SMILES string of the molecule is COC1=C[C@]2(C[C@H](C)N=C2SC)C(OC)=C(O)C1=O. The number of carbonyl (C=O) groups is 1. The minimum absolute atomic E-state index is 0.1000. The predicted octanol–water partition coefficient (Wildman–Crippen LogP) is 2.06. The van der Waals surface area contributed by atoms with Gasteiger partial charge in [-0.25, -0.2) is 0 Å². The highest BCUT2D eigenvalue weighted by atomic mass is 32.2. The minimum Gasteiger partial charge on any atom is -0.502 e. The highest BCUT2D eigenvalue weighted by Gasteiger charge is 2.50. The molecular formula is C13H17NO4S. The average Bonchev–Trinajstić information content (AvgIpc) is 2.71. The molecule has 0 bridgehead atoms. The molecule has 0 fully saturated rings. The van der Waals surface area contributed by atoms with Crippen LogP contribution >= 0.6 is 11.8 Å². The fraction of sp³-hybridized carbons (Fsp3) is 0.538. The maximum absolute atomic E-state index is 11.9. The van der Waals surface area contributed by atoms with Crippen molar-refractivity contribution in [1.82, 2.24) is 0 Å². The number of ether oxygens (including phenoxy) is 2. The highest BCUT2D eigenvalue weighted by molar-refractivity contribution is 8.13. The Balaban J connectivity index is 2.62. The molecule has 19 heavy (non-hydrogen) atoms. The first-order valence-corrected chi connectivity index (χ1v) is 7.14. The van der Waals surface area contributed by atoms with E-state index < -0.39 is 17.0 Å². The molecule has 6 heteroatoms. The molecule has 0 saturated heterocycles. The number of aliphatic hydroxyl groups is 1. The normalized spacial score (nSPS) is 30.5. The third-order valence-electron chi connectivity index (χ3n) is 3.39. The number of nitrogens with zero attached hydrogens (tertiary/aromatic N) is 1. The van der Waals surface area contributed by atoms with Crippen LogP contribution in [0.3, 0.4) is 0 Å². The first-order valence-electron chi connectivity index (χ1n) is 5.91. The number of hydrogen-bond donors (Lipinski definition) is 1. The number of aliphatic imine (C=N–C) groups is 1. The van der Waals surface area contributed by atoms with E-state index in [1.54, 1.807) is 6.08 Å². The van der Waals surface area contributed by atoms with Crippen LogP contribution in [0.15, 0.2) is 28.3 Å². The Morgan fingerprint density at radius 3 is 2.68 bits per heavy atom. The summed E-state index contributed by atoms with van der Waals surface area (Å²) in [5, 5.41) is 10.9. The van der Waals surface area contributed by atoms with Gasteiger partial charge in [0.25, 0.3) is 5.78 Å². The molecule has 2 aliphatic rings. The Kier molecular flexibility index (Phi) is 3.62. The van der Waals surface area contributed by atoms with E-state index in [1.807, 2.05) is 13.2 Å². The molecule has 0 aromatic rings. The molecule has 1 aliphatic carbocycles. The molecule has 1 aliphatic heterocycles. The summed E-state index contributed by atoms with van der Waals surface area (Å²) in [7, 11) is 2.87. The van der Waals surface area contributed by atoms with Crippen molar-refractivity contribution in [2.45, 2.75) is 19.4 Å². The third-order valence-corrected chi connectivity index (χ3v) is 4.25. The van der Waals surface area contributed by atoms with E-state index in [2.05, 4.69) is 4.99 Å². The van der Waals surface area contributed by atoms with Gasteiger partial charge in [0.2, 0.25) is 5.76 Å². The van der Waals surface area contributed by atoms with E-state index >= 15 is 0 Å². The average molecular weight is 283 g/mol. The lowest BCUT2D eigenvalue weighted by Gasteiger charge is -2.32. The van der Waals surface area contributed by atoms with Crippen molar-refractivity contribution in [3.05, 3.63) is 23.4 Å². The lowest BCUT2D eigenvalue weighted by atomic mass is 9.78. The zero-order valence-corrected chi connectivity index (χ0v) is 12.2. The van der Waals surface area contributed by atoms with Gasteiger partial charge in [-0.05, 0) is 25.7 Å². The van der Waals surface area contributed by atoms with Crippen LogP contribution in [-0.2, 0) is 14.3 Å². The Labute approximate surface area is 116 Å². The molecule has 0 amide bonds. The number of methoxy groups -OCH3 is 2. The van der Waals surface area contributed by atoms with Crippen LogP contribution < -0.4 is 0 Å². The maximum atomic E-state index is 11.9. The number of aliphatic hydroxyl groups excluding tert-OH is 1. The minimum atomic E-state index is -0.684. The van der Waals surface area contributed by atoms with Crippen molar-refractivity contribution >= 4 is 22.6 Å². The second kappa shape index (κ2) is 4.92. The van der Waals surface area contributed by atoms with Crippen LogP contribution in [0.25, 0.3) is 0 Å². The zero-order valence-electron chi connectivity index (χ0n) is 11.4. The van der Waals surface area contributed by atoms with Crippen LogP contribution in [0.1, 0.15) is 13.3 Å². The van der Waals surface area contributed by atoms with Gasteiger partial charge in [-0.3, -0.25) is 9.79 Å². The van der Waals surface area contributed by atoms with Gasteiger partial charge in [0, 0.05) is 6.04 Å². The fourth-order valence-corrected chi connectivity index (χ4v) is 3.56. The number of hydrogen-bond acceptors (Lipinski definition) is 6. The largest absolute Gasteiger partial charge is 0.502 e. The monoisotopic (exact) mass is 283 g/mol. The van der Waals surface area contributed by atoms with Gasteiger partial charge < -0.3 is 14.6 Å². The van der Waals surface area contributed by atoms with Gasteiger partial charge >= 0.3 is 0 Å². The van der Waals surface area contributed by atoms with Crippen LogP contribution in [0.2, 0.25) is 0 Å². The van der Waals surface area contributed by atoms with Crippen molar-refractivity contribution in [1.29, 1.82) is 0 Å². The summed E-state index contributed by atoms with van der Waals surface area (Å²) in [6.07, 6.45) is 4.28. The number of allylic oxidation sites excluding steroid dienone is 1. The molecule has 2 atom stereocenters. The molecule has 1 N–H and O–H groups in total. The summed E-state index contributed by atoms with van der Waals surface area (Å²) in [5.41, 5.74) is -0.684. The highest BCUT2D eigenvalue weighted by Crippen LogP contribution is 2.48. The Morgan fingerprint density at radius 1 is 1.47 bits per heavy atom. The van der Waals surface area contributed by atoms with Crippen molar-refractivity contribution in [3.63, 3.8) is 0 Å². The molecule has 104 valence electrons. The zero-order chi connectivity index (χ0) is 14.2. The van der Waals surface area contributed by atoms with Gasteiger partial charge in [0.05, 0.1) is 19.3 Å². The standard InChI is InChI=1S/C13H17NO4S/c1-7-5-13(12(14-7)19-4)6-8(17-2)9(15)10(16)11(13)18-3/h6-7,16H,5H2,1-4H3/t7-,13+/m0/s1. The molecule has 2 rings (SSSR count). The quantitative estimate of drug-likeness (QED) is 0.840. The van der Waals surface area contributed by atoms with Crippen LogP contribution in [0.4, 0.5) is 0 Å². The van der Waals surface area contributed by atoms with Gasteiger partial charge in [-0.1, -0.05) is 0 Å². The lowest BCUT2D eigenvalue weighted by Crippen LogP contribution is -2.35. The van der Waals surface area contributed by atoms with Crippen LogP contribution in [0.5, 0.6) is 0 Å². The maximum Gasteiger partial charge on any atom is 0.265 e. The number of rotatable bonds is 2. The summed E-state index contributed by atoms with van der Waals surface area (Å²) in [4.78, 5) is 16.5. The Hall–Kier alpha value is -1.43. The van der Waals surface area contributed by atoms with Gasteiger partial charge in [-0.15, -0.1) is 11.8 Å². The third kappa shape index (κ3) is 1.94. The van der Waals surface area contributed by atoms with Gasteiger partial charge in [0.15, 0.2) is 11.5 Å². The van der Waals surface area contributed by atoms with E-state index in [0.29, 0.717) is 6.42 Å². The van der Waals surface area contributed by atoms with Crippen molar-refractivity contribution in [2.75, 3.05) is 20.5 Å².